The summed E-state index contributed by atoms with van der Waals surface area (Å²) >= 11 is 1.58. The zero-order valence-electron chi connectivity index (χ0n) is 13.7. The number of ketones is 1. The van der Waals surface area contributed by atoms with Crippen molar-refractivity contribution < 1.29 is 9.21 Å². The summed E-state index contributed by atoms with van der Waals surface area (Å²) in [6.07, 6.45) is 3.46. The first-order chi connectivity index (χ1) is 11.0. The van der Waals surface area contributed by atoms with Crippen LogP contribution >= 0.6 is 11.8 Å². The molecule has 0 bridgehead atoms. The lowest BCUT2D eigenvalue weighted by Crippen LogP contribution is -2.24. The highest BCUT2D eigenvalue weighted by atomic mass is 32.2. The number of thioether (sulfide) groups is 1. The molecule has 1 aliphatic heterocycles. The first-order valence-corrected chi connectivity index (χ1v) is 8.84. The maximum absolute atomic E-state index is 12.4. The third-order valence-electron chi connectivity index (χ3n) is 4.31. The van der Waals surface area contributed by atoms with Gasteiger partial charge >= 0.3 is 0 Å². The Morgan fingerprint density at radius 2 is 2.04 bits per heavy atom. The van der Waals surface area contributed by atoms with Crippen molar-refractivity contribution in [2.75, 3.05) is 17.7 Å². The van der Waals surface area contributed by atoms with E-state index in [-0.39, 0.29) is 11.2 Å². The summed E-state index contributed by atoms with van der Waals surface area (Å²) in [5.74, 6) is 2.23. The van der Waals surface area contributed by atoms with Crippen LogP contribution < -0.4 is 4.90 Å². The molecule has 1 aromatic carbocycles. The van der Waals surface area contributed by atoms with E-state index in [1.165, 1.54) is 11.3 Å². The molecule has 120 valence electrons. The van der Waals surface area contributed by atoms with Gasteiger partial charge in [0.25, 0.3) is 0 Å². The average Bonchev–Trinajstić information content (AvgIpc) is 3.10. The fourth-order valence-corrected chi connectivity index (χ4v) is 3.85. The van der Waals surface area contributed by atoms with E-state index in [1.807, 2.05) is 25.2 Å². The Morgan fingerprint density at radius 3 is 2.74 bits per heavy atom. The second-order valence-corrected chi connectivity index (χ2v) is 7.25. The van der Waals surface area contributed by atoms with Crippen LogP contribution in [0.25, 0.3) is 0 Å². The quantitative estimate of drug-likeness (QED) is 0.763. The van der Waals surface area contributed by atoms with Gasteiger partial charge in [-0.2, -0.15) is 0 Å². The Balaban J connectivity index is 1.71. The Hall–Kier alpha value is -1.94. The molecule has 0 aliphatic carbocycles. The van der Waals surface area contributed by atoms with Crippen LogP contribution in [-0.4, -0.2) is 18.6 Å². The highest BCUT2D eigenvalue weighted by molar-refractivity contribution is 7.99. The van der Waals surface area contributed by atoms with Gasteiger partial charge in [0.05, 0.1) is 17.8 Å². The Bertz CT molecular complexity index is 732. The lowest BCUT2D eigenvalue weighted by Gasteiger charge is -2.23. The molecule has 0 N–H and O–H groups in total. The second kappa shape index (κ2) is 6.28. The van der Waals surface area contributed by atoms with E-state index in [0.29, 0.717) is 5.75 Å². The summed E-state index contributed by atoms with van der Waals surface area (Å²) in [5, 5.41) is 0. The van der Waals surface area contributed by atoms with E-state index in [2.05, 4.69) is 36.9 Å². The van der Waals surface area contributed by atoms with Crippen LogP contribution in [0, 0.1) is 0 Å². The standard InChI is InChI=1S/C19H21NO2S/c1-19(2)16-8-4-5-9-17(16)20(3)18(19)11-14(21)12-23-13-15-7-6-10-22-15/h4-11H,12-13H2,1-3H3/b18-11+. The number of anilines is 1. The van der Waals surface area contributed by atoms with Crippen LogP contribution in [0.1, 0.15) is 25.2 Å². The van der Waals surface area contributed by atoms with Crippen LogP contribution in [-0.2, 0) is 16.0 Å². The Labute approximate surface area is 141 Å². The highest BCUT2D eigenvalue weighted by Gasteiger charge is 2.38. The lowest BCUT2D eigenvalue weighted by molar-refractivity contribution is -0.112. The lowest BCUT2D eigenvalue weighted by atomic mass is 9.83. The highest BCUT2D eigenvalue weighted by Crippen LogP contribution is 2.46. The number of nitrogens with zero attached hydrogens (tertiary/aromatic N) is 1. The van der Waals surface area contributed by atoms with Crippen LogP contribution in [0.4, 0.5) is 5.69 Å². The summed E-state index contributed by atoms with van der Waals surface area (Å²) in [4.78, 5) is 14.5. The van der Waals surface area contributed by atoms with Gasteiger partial charge in [-0.3, -0.25) is 4.79 Å². The average molecular weight is 327 g/mol. The van der Waals surface area contributed by atoms with E-state index >= 15 is 0 Å². The summed E-state index contributed by atoms with van der Waals surface area (Å²) in [6, 6.07) is 12.1. The number of para-hydroxylation sites is 1. The topological polar surface area (TPSA) is 33.5 Å². The maximum Gasteiger partial charge on any atom is 0.167 e. The maximum atomic E-state index is 12.4. The summed E-state index contributed by atoms with van der Waals surface area (Å²) < 4.78 is 5.29. The summed E-state index contributed by atoms with van der Waals surface area (Å²) in [7, 11) is 2.03. The number of hydrogen-bond donors (Lipinski definition) is 0. The summed E-state index contributed by atoms with van der Waals surface area (Å²) in [5.41, 5.74) is 3.36. The van der Waals surface area contributed by atoms with Crippen molar-refractivity contribution in [2.24, 2.45) is 0 Å². The van der Waals surface area contributed by atoms with Gasteiger partial charge in [-0.05, 0) is 23.8 Å². The second-order valence-electron chi connectivity index (χ2n) is 6.27. The third-order valence-corrected chi connectivity index (χ3v) is 5.28. The monoisotopic (exact) mass is 327 g/mol. The molecular weight excluding hydrogens is 306 g/mol. The van der Waals surface area contributed by atoms with Crippen molar-refractivity contribution in [1.29, 1.82) is 0 Å². The molecule has 3 nitrogen and oxygen atoms in total. The number of fused-ring (bicyclic) bond motifs is 1. The zero-order chi connectivity index (χ0) is 16.4. The predicted molar refractivity (Wildman–Crippen MR) is 95.8 cm³/mol. The molecule has 4 heteroatoms. The predicted octanol–water partition coefficient (Wildman–Crippen LogP) is 4.39. The molecule has 1 aliphatic rings. The van der Waals surface area contributed by atoms with Crippen molar-refractivity contribution in [1.82, 2.24) is 0 Å². The number of carbonyl (C=O) groups is 1. The number of hydrogen-bond acceptors (Lipinski definition) is 4. The molecule has 2 aromatic rings. The number of allylic oxidation sites excluding steroid dienone is 2. The smallest absolute Gasteiger partial charge is 0.167 e. The number of rotatable bonds is 5. The van der Waals surface area contributed by atoms with Gasteiger partial charge in [0.1, 0.15) is 5.76 Å². The molecule has 0 atom stereocenters. The van der Waals surface area contributed by atoms with Crippen molar-refractivity contribution in [3.63, 3.8) is 0 Å². The van der Waals surface area contributed by atoms with E-state index in [4.69, 9.17) is 4.42 Å². The number of carbonyl (C=O) groups excluding carboxylic acids is 1. The van der Waals surface area contributed by atoms with Gasteiger partial charge in [0.15, 0.2) is 5.78 Å². The van der Waals surface area contributed by atoms with Gasteiger partial charge in [0, 0.05) is 29.9 Å². The molecule has 2 heterocycles. The van der Waals surface area contributed by atoms with Crippen molar-refractivity contribution >= 4 is 23.2 Å². The zero-order valence-corrected chi connectivity index (χ0v) is 14.5. The van der Waals surface area contributed by atoms with E-state index in [1.54, 1.807) is 24.1 Å². The minimum atomic E-state index is -0.146. The molecule has 0 unspecified atom stereocenters. The summed E-state index contributed by atoms with van der Waals surface area (Å²) in [6.45, 7) is 4.34. The van der Waals surface area contributed by atoms with E-state index in [9.17, 15) is 4.79 Å². The van der Waals surface area contributed by atoms with Gasteiger partial charge < -0.3 is 9.32 Å². The van der Waals surface area contributed by atoms with Crippen LogP contribution in [0.2, 0.25) is 0 Å². The molecule has 0 amide bonds. The first-order valence-electron chi connectivity index (χ1n) is 7.68. The van der Waals surface area contributed by atoms with Crippen LogP contribution in [0.5, 0.6) is 0 Å². The van der Waals surface area contributed by atoms with Crippen molar-refractivity contribution in [3.05, 3.63) is 65.8 Å². The first kappa shape index (κ1) is 15.9. The number of furan rings is 1. The molecule has 0 radical (unpaired) electrons. The van der Waals surface area contributed by atoms with Crippen LogP contribution in [0.15, 0.2) is 58.9 Å². The molecule has 3 rings (SSSR count). The molecular formula is C19H21NO2S. The van der Waals surface area contributed by atoms with E-state index in [0.717, 1.165) is 17.2 Å². The van der Waals surface area contributed by atoms with Gasteiger partial charge in [-0.25, -0.2) is 0 Å². The van der Waals surface area contributed by atoms with Crippen LogP contribution in [0.3, 0.4) is 0 Å². The van der Waals surface area contributed by atoms with Crippen molar-refractivity contribution in [2.45, 2.75) is 25.0 Å². The number of likely N-dealkylation sites (N-methyl/N-ethyl adjacent to an activating group) is 1. The minimum absolute atomic E-state index is 0.143. The fraction of sp³-hybridized carbons (Fsp3) is 0.316. The van der Waals surface area contributed by atoms with Gasteiger partial charge in [0.2, 0.25) is 0 Å². The molecule has 0 saturated heterocycles. The van der Waals surface area contributed by atoms with E-state index < -0.39 is 0 Å². The molecule has 0 spiro atoms. The SMILES string of the molecule is CN1/C(=C/C(=O)CSCc2ccco2)C(C)(C)c2ccccc21. The Morgan fingerprint density at radius 1 is 1.26 bits per heavy atom. The largest absolute Gasteiger partial charge is 0.468 e. The van der Waals surface area contributed by atoms with Crippen molar-refractivity contribution in [3.8, 4) is 0 Å². The normalized spacial score (nSPS) is 17.5. The molecule has 0 fully saturated rings. The molecule has 0 saturated carbocycles. The minimum Gasteiger partial charge on any atom is -0.468 e. The van der Waals surface area contributed by atoms with Gasteiger partial charge in [-0.15, -0.1) is 11.8 Å². The van der Waals surface area contributed by atoms with Gasteiger partial charge in [-0.1, -0.05) is 32.0 Å². The molecule has 23 heavy (non-hydrogen) atoms. The third kappa shape index (κ3) is 3.08. The number of benzene rings is 1. The molecule has 1 aromatic heterocycles. The fourth-order valence-electron chi connectivity index (χ4n) is 3.10. The Kier molecular flexibility index (Phi) is 4.35.